The van der Waals surface area contributed by atoms with E-state index in [1.807, 2.05) is 12.1 Å². The molecule has 1 aliphatic rings. The van der Waals surface area contributed by atoms with E-state index < -0.39 is 11.9 Å². The van der Waals surface area contributed by atoms with Crippen LogP contribution in [-0.2, 0) is 6.54 Å². The Labute approximate surface area is 204 Å². The zero-order valence-corrected chi connectivity index (χ0v) is 19.8. The van der Waals surface area contributed by atoms with Crippen LogP contribution in [0.5, 0.6) is 11.5 Å². The number of nitrogens with zero attached hydrogens (tertiary/aromatic N) is 1. The molecule has 0 aliphatic carbocycles. The second-order valence-electron chi connectivity index (χ2n) is 8.13. The highest BCUT2D eigenvalue weighted by Crippen LogP contribution is 2.42. The summed E-state index contributed by atoms with van der Waals surface area (Å²) in [6.07, 6.45) is 0. The molecule has 2 heterocycles. The maximum atomic E-state index is 13.7. The van der Waals surface area contributed by atoms with Crippen LogP contribution in [0.25, 0.3) is 11.0 Å². The number of phenolic OH excluding ortho intramolecular Hbond substituents is 1. The number of benzene rings is 3. The summed E-state index contributed by atoms with van der Waals surface area (Å²) in [5.74, 6) is -0.289. The zero-order valence-electron chi connectivity index (χ0n) is 18.3. The molecule has 8 heteroatoms. The van der Waals surface area contributed by atoms with E-state index in [-0.39, 0.29) is 40.2 Å². The smallest absolute Gasteiger partial charge is 0.291 e. The summed E-state index contributed by atoms with van der Waals surface area (Å²) < 4.78 is 11.3. The van der Waals surface area contributed by atoms with E-state index in [2.05, 4.69) is 0 Å². The molecule has 1 N–H and O–H groups in total. The third-order valence-electron chi connectivity index (χ3n) is 6.06. The van der Waals surface area contributed by atoms with Crippen molar-refractivity contribution in [1.29, 1.82) is 0 Å². The Balaban J connectivity index is 1.77. The van der Waals surface area contributed by atoms with E-state index in [9.17, 15) is 14.7 Å². The number of fused-ring (bicyclic) bond motifs is 2. The van der Waals surface area contributed by atoms with E-state index in [1.54, 1.807) is 43.3 Å². The first-order valence-electron chi connectivity index (χ1n) is 10.5. The number of hydrogen-bond acceptors (Lipinski definition) is 5. The van der Waals surface area contributed by atoms with Crippen LogP contribution >= 0.6 is 23.2 Å². The van der Waals surface area contributed by atoms with Crippen molar-refractivity contribution >= 4 is 40.1 Å². The summed E-state index contributed by atoms with van der Waals surface area (Å²) in [6.45, 7) is 1.94. The molecule has 1 aliphatic heterocycles. The van der Waals surface area contributed by atoms with E-state index in [0.717, 1.165) is 11.1 Å². The molecule has 0 radical (unpaired) electrons. The van der Waals surface area contributed by atoms with Crippen molar-refractivity contribution in [3.05, 3.63) is 103 Å². The highest BCUT2D eigenvalue weighted by molar-refractivity contribution is 6.32. The molecule has 3 aromatic carbocycles. The quantitative estimate of drug-likeness (QED) is 0.383. The van der Waals surface area contributed by atoms with E-state index in [0.29, 0.717) is 21.2 Å². The molecule has 0 spiro atoms. The Kier molecular flexibility index (Phi) is 5.50. The van der Waals surface area contributed by atoms with E-state index >= 15 is 0 Å². The molecule has 4 aromatic rings. The van der Waals surface area contributed by atoms with E-state index in [1.165, 1.54) is 18.1 Å². The van der Waals surface area contributed by atoms with Gasteiger partial charge in [0.15, 0.2) is 16.9 Å². The zero-order chi connectivity index (χ0) is 24.1. The first kappa shape index (κ1) is 22.3. The van der Waals surface area contributed by atoms with Crippen molar-refractivity contribution in [3.8, 4) is 11.5 Å². The van der Waals surface area contributed by atoms with Gasteiger partial charge in [-0.05, 0) is 53.9 Å². The van der Waals surface area contributed by atoms with Crippen LogP contribution < -0.4 is 10.2 Å². The summed E-state index contributed by atoms with van der Waals surface area (Å²) >= 11 is 12.7. The normalized spacial score (nSPS) is 15.1. The molecule has 0 saturated heterocycles. The van der Waals surface area contributed by atoms with Crippen molar-refractivity contribution < 1.29 is 19.1 Å². The maximum Gasteiger partial charge on any atom is 0.291 e. The fourth-order valence-corrected chi connectivity index (χ4v) is 4.68. The number of carbonyl (C=O) groups excluding carboxylic acids is 1. The molecule has 5 rings (SSSR count). The highest BCUT2D eigenvalue weighted by atomic mass is 35.5. The molecule has 0 bridgehead atoms. The number of amides is 1. The van der Waals surface area contributed by atoms with Gasteiger partial charge in [0, 0.05) is 16.6 Å². The van der Waals surface area contributed by atoms with Gasteiger partial charge in [-0.1, -0.05) is 47.5 Å². The lowest BCUT2D eigenvalue weighted by Crippen LogP contribution is -2.29. The predicted molar refractivity (Wildman–Crippen MR) is 130 cm³/mol. The molecule has 1 aromatic heterocycles. The number of aryl methyl sites for hydroxylation is 1. The average Bonchev–Trinajstić information content (AvgIpc) is 3.09. The van der Waals surface area contributed by atoms with Gasteiger partial charge >= 0.3 is 0 Å². The number of rotatable bonds is 4. The van der Waals surface area contributed by atoms with Gasteiger partial charge in [0.1, 0.15) is 5.58 Å². The molecule has 0 fully saturated rings. The molecular weight excluding hydrogens is 477 g/mol. The second-order valence-corrected chi connectivity index (χ2v) is 8.94. The fraction of sp³-hybridized carbons (Fsp3) is 0.154. The lowest BCUT2D eigenvalue weighted by Gasteiger charge is -2.26. The fourth-order valence-electron chi connectivity index (χ4n) is 4.32. The topological polar surface area (TPSA) is 80.0 Å². The molecule has 1 atom stereocenters. The van der Waals surface area contributed by atoms with Crippen LogP contribution in [0.15, 0.2) is 63.8 Å². The van der Waals surface area contributed by atoms with Crippen LogP contribution in [0.3, 0.4) is 0 Å². The van der Waals surface area contributed by atoms with E-state index in [4.69, 9.17) is 32.4 Å². The summed E-state index contributed by atoms with van der Waals surface area (Å²) in [4.78, 5) is 28.8. The molecule has 1 amide bonds. The van der Waals surface area contributed by atoms with Crippen molar-refractivity contribution in [2.45, 2.75) is 19.5 Å². The van der Waals surface area contributed by atoms with Crippen LogP contribution in [0.4, 0.5) is 0 Å². The summed E-state index contributed by atoms with van der Waals surface area (Å²) in [6, 6.07) is 14.4. The Bertz CT molecular complexity index is 1530. The predicted octanol–water partition coefficient (Wildman–Crippen LogP) is 5.87. The van der Waals surface area contributed by atoms with Crippen LogP contribution in [0, 0.1) is 6.92 Å². The van der Waals surface area contributed by atoms with Crippen molar-refractivity contribution in [2.24, 2.45) is 0 Å². The standard InChI is InChI=1S/C26H19Cl2NO5/c1-13-9-20-16(11-18(13)28)24(31)22-23(14-7-8-19(30)21(10-14)33-2)29(26(32)25(22)34-20)12-15-5-3-4-6-17(15)27/h3-11,23,30H,12H2,1-2H3. The van der Waals surface area contributed by atoms with Gasteiger partial charge in [0.05, 0.1) is 24.1 Å². The second kappa shape index (κ2) is 8.38. The minimum atomic E-state index is -0.783. The van der Waals surface area contributed by atoms with Gasteiger partial charge in [-0.2, -0.15) is 0 Å². The number of aromatic hydroxyl groups is 1. The Morgan fingerprint density at radius 1 is 1.06 bits per heavy atom. The summed E-state index contributed by atoms with van der Waals surface area (Å²) in [5, 5.41) is 11.3. The lowest BCUT2D eigenvalue weighted by molar-refractivity contribution is 0.0714. The first-order chi connectivity index (χ1) is 16.3. The first-order valence-corrected chi connectivity index (χ1v) is 11.2. The van der Waals surface area contributed by atoms with Crippen LogP contribution in [-0.4, -0.2) is 23.0 Å². The molecular formula is C26H19Cl2NO5. The highest BCUT2D eigenvalue weighted by Gasteiger charge is 2.43. The third-order valence-corrected chi connectivity index (χ3v) is 6.84. The SMILES string of the molecule is COc1cc(C2c3c(oc4cc(C)c(Cl)cc4c3=O)C(=O)N2Cc2ccccc2Cl)ccc1O. The molecule has 34 heavy (non-hydrogen) atoms. The number of halogens is 2. The molecule has 172 valence electrons. The summed E-state index contributed by atoms with van der Waals surface area (Å²) in [5.41, 5.74) is 2.19. The maximum absolute atomic E-state index is 13.7. The monoisotopic (exact) mass is 495 g/mol. The lowest BCUT2D eigenvalue weighted by atomic mass is 9.97. The minimum Gasteiger partial charge on any atom is -0.504 e. The number of phenols is 1. The average molecular weight is 496 g/mol. The largest absolute Gasteiger partial charge is 0.504 e. The Morgan fingerprint density at radius 2 is 1.82 bits per heavy atom. The van der Waals surface area contributed by atoms with Crippen LogP contribution in [0.2, 0.25) is 10.0 Å². The van der Waals surface area contributed by atoms with Crippen molar-refractivity contribution in [2.75, 3.05) is 7.11 Å². The van der Waals surface area contributed by atoms with Gasteiger partial charge in [-0.25, -0.2) is 0 Å². The molecule has 6 nitrogen and oxygen atoms in total. The number of carbonyl (C=O) groups is 1. The minimum absolute atomic E-state index is 0.0247. The van der Waals surface area contributed by atoms with Gasteiger partial charge in [-0.3, -0.25) is 9.59 Å². The number of hydrogen-bond donors (Lipinski definition) is 1. The third kappa shape index (κ3) is 3.50. The van der Waals surface area contributed by atoms with Gasteiger partial charge < -0.3 is 19.2 Å². The molecule has 0 saturated carbocycles. The number of methoxy groups -OCH3 is 1. The van der Waals surface area contributed by atoms with Gasteiger partial charge in [0.2, 0.25) is 5.76 Å². The van der Waals surface area contributed by atoms with Crippen LogP contribution in [0.1, 0.15) is 38.9 Å². The molecule has 1 unspecified atom stereocenters. The van der Waals surface area contributed by atoms with Crippen molar-refractivity contribution in [3.63, 3.8) is 0 Å². The Morgan fingerprint density at radius 3 is 2.56 bits per heavy atom. The van der Waals surface area contributed by atoms with Gasteiger partial charge in [-0.15, -0.1) is 0 Å². The number of ether oxygens (including phenoxy) is 1. The Hall–Kier alpha value is -3.48. The van der Waals surface area contributed by atoms with Gasteiger partial charge in [0.25, 0.3) is 5.91 Å². The summed E-state index contributed by atoms with van der Waals surface area (Å²) in [7, 11) is 1.43. The van der Waals surface area contributed by atoms with Crippen molar-refractivity contribution in [1.82, 2.24) is 4.90 Å².